The van der Waals surface area contributed by atoms with Crippen LogP contribution in [0.15, 0.2) is 23.1 Å². The Labute approximate surface area is 120 Å². The monoisotopic (exact) mass is 302 g/mol. The maximum atomic E-state index is 12.3. The van der Waals surface area contributed by atoms with Gasteiger partial charge in [-0.25, -0.2) is 13.1 Å². The minimum absolute atomic E-state index is 0.0156. The largest absolute Gasteiger partial charge is 0.497 e. The van der Waals surface area contributed by atoms with Crippen molar-refractivity contribution in [3.63, 3.8) is 0 Å². The van der Waals surface area contributed by atoms with Crippen molar-refractivity contribution in [3.05, 3.63) is 18.2 Å². The average Bonchev–Trinajstić information content (AvgIpc) is 2.37. The summed E-state index contributed by atoms with van der Waals surface area (Å²) >= 11 is 0. The second kappa shape index (κ2) is 6.92. The van der Waals surface area contributed by atoms with Gasteiger partial charge in [-0.2, -0.15) is 0 Å². The molecule has 1 rings (SSSR count). The van der Waals surface area contributed by atoms with Crippen LogP contribution in [0.2, 0.25) is 0 Å². The van der Waals surface area contributed by atoms with Crippen molar-refractivity contribution in [2.45, 2.75) is 31.2 Å². The number of rotatable bonds is 7. The lowest BCUT2D eigenvalue weighted by Crippen LogP contribution is -2.39. The molecule has 1 atom stereocenters. The summed E-state index contributed by atoms with van der Waals surface area (Å²) in [7, 11) is -2.24. The fourth-order valence-electron chi connectivity index (χ4n) is 1.83. The fraction of sp³-hybridized carbons (Fsp3) is 0.538. The van der Waals surface area contributed by atoms with Crippen molar-refractivity contribution >= 4 is 15.7 Å². The standard InChI is InChI=1S/C13H22N2O4S/c1-9(2)12(6-7-16)15-20(17,18)13-5-4-10(19-3)8-11(13)14/h4-5,8-9,12,15-16H,6-7,14H2,1-3H3. The highest BCUT2D eigenvalue weighted by molar-refractivity contribution is 7.89. The van der Waals surface area contributed by atoms with Crippen LogP contribution in [0, 0.1) is 5.92 Å². The van der Waals surface area contributed by atoms with Crippen molar-refractivity contribution in [1.82, 2.24) is 4.72 Å². The summed E-state index contributed by atoms with van der Waals surface area (Å²) in [6.45, 7) is 3.70. The first-order chi connectivity index (χ1) is 9.31. The Morgan fingerprint density at radius 2 is 2.05 bits per heavy atom. The molecule has 0 heterocycles. The number of nitrogens with one attached hydrogen (secondary N) is 1. The molecule has 1 aromatic rings. The van der Waals surface area contributed by atoms with Gasteiger partial charge >= 0.3 is 0 Å². The van der Waals surface area contributed by atoms with Gasteiger partial charge in [0.25, 0.3) is 0 Å². The number of aliphatic hydroxyl groups excluding tert-OH is 1. The smallest absolute Gasteiger partial charge is 0.242 e. The molecule has 0 aliphatic carbocycles. The number of nitrogens with two attached hydrogens (primary N) is 1. The van der Waals surface area contributed by atoms with E-state index in [1.54, 1.807) is 6.07 Å². The molecule has 0 bridgehead atoms. The van der Waals surface area contributed by atoms with Gasteiger partial charge < -0.3 is 15.6 Å². The number of aliphatic hydroxyl groups is 1. The minimum atomic E-state index is -3.72. The van der Waals surface area contributed by atoms with Crippen LogP contribution in [0.4, 0.5) is 5.69 Å². The number of ether oxygens (including phenoxy) is 1. The predicted octanol–water partition coefficient (Wildman–Crippen LogP) is 0.963. The molecule has 0 aliphatic rings. The number of sulfonamides is 1. The van der Waals surface area contributed by atoms with E-state index in [9.17, 15) is 8.42 Å². The molecule has 1 aromatic carbocycles. The van der Waals surface area contributed by atoms with E-state index in [1.807, 2.05) is 13.8 Å². The van der Waals surface area contributed by atoms with Crippen LogP contribution in [-0.4, -0.2) is 33.3 Å². The van der Waals surface area contributed by atoms with Gasteiger partial charge in [0.15, 0.2) is 0 Å². The Kier molecular flexibility index (Phi) is 5.79. The Bertz CT molecular complexity index is 543. The molecule has 6 nitrogen and oxygen atoms in total. The maximum absolute atomic E-state index is 12.3. The molecule has 0 aromatic heterocycles. The lowest BCUT2D eigenvalue weighted by molar-refractivity contribution is 0.256. The first-order valence-corrected chi connectivity index (χ1v) is 7.87. The van der Waals surface area contributed by atoms with E-state index in [-0.39, 0.29) is 29.1 Å². The van der Waals surface area contributed by atoms with Crippen LogP contribution in [0.25, 0.3) is 0 Å². The molecule has 0 aliphatic heterocycles. The van der Waals surface area contributed by atoms with Gasteiger partial charge in [0.2, 0.25) is 10.0 Å². The SMILES string of the molecule is COc1ccc(S(=O)(=O)NC(CCO)C(C)C)c(N)c1. The highest BCUT2D eigenvalue weighted by Crippen LogP contribution is 2.24. The van der Waals surface area contributed by atoms with E-state index in [2.05, 4.69) is 4.72 Å². The van der Waals surface area contributed by atoms with Gasteiger partial charge in [0.05, 0.1) is 12.8 Å². The van der Waals surface area contributed by atoms with Crippen molar-refractivity contribution in [1.29, 1.82) is 0 Å². The van der Waals surface area contributed by atoms with E-state index >= 15 is 0 Å². The summed E-state index contributed by atoms with van der Waals surface area (Å²) in [6, 6.07) is 4.07. The van der Waals surface area contributed by atoms with Crippen molar-refractivity contribution in [3.8, 4) is 5.75 Å². The number of hydrogen-bond acceptors (Lipinski definition) is 5. The van der Waals surface area contributed by atoms with Crippen LogP contribution < -0.4 is 15.2 Å². The summed E-state index contributed by atoms with van der Waals surface area (Å²) in [4.78, 5) is 0.0156. The summed E-state index contributed by atoms with van der Waals surface area (Å²) < 4.78 is 32.2. The lowest BCUT2D eigenvalue weighted by Gasteiger charge is -2.22. The molecule has 0 amide bonds. The molecule has 0 fully saturated rings. The Hall–Kier alpha value is -1.31. The van der Waals surface area contributed by atoms with Crippen LogP contribution in [0.5, 0.6) is 5.75 Å². The molecule has 0 saturated carbocycles. The fourth-order valence-corrected chi connectivity index (χ4v) is 3.36. The van der Waals surface area contributed by atoms with Crippen molar-refractivity contribution < 1.29 is 18.3 Å². The normalized spacial score (nSPS) is 13.4. The lowest BCUT2D eigenvalue weighted by atomic mass is 10.0. The Balaban J connectivity index is 3.04. The zero-order valence-corrected chi connectivity index (χ0v) is 12.8. The number of benzene rings is 1. The molecule has 1 unspecified atom stereocenters. The van der Waals surface area contributed by atoms with E-state index in [0.29, 0.717) is 12.2 Å². The molecule has 0 radical (unpaired) electrons. The molecule has 4 N–H and O–H groups in total. The van der Waals surface area contributed by atoms with E-state index < -0.39 is 10.0 Å². The second-order valence-electron chi connectivity index (χ2n) is 4.89. The number of anilines is 1. The Morgan fingerprint density at radius 1 is 1.40 bits per heavy atom. The number of hydrogen-bond donors (Lipinski definition) is 3. The first kappa shape index (κ1) is 16.7. The van der Waals surface area contributed by atoms with Crippen LogP contribution in [0.3, 0.4) is 0 Å². The molecule has 20 heavy (non-hydrogen) atoms. The molecule has 114 valence electrons. The van der Waals surface area contributed by atoms with Gasteiger partial charge in [-0.1, -0.05) is 13.8 Å². The summed E-state index contributed by atoms with van der Waals surface area (Å²) in [6.07, 6.45) is 0.354. The summed E-state index contributed by atoms with van der Waals surface area (Å²) in [5.74, 6) is 0.564. The van der Waals surface area contributed by atoms with E-state index in [1.165, 1.54) is 19.2 Å². The zero-order valence-electron chi connectivity index (χ0n) is 12.0. The Morgan fingerprint density at radius 3 is 2.50 bits per heavy atom. The second-order valence-corrected chi connectivity index (χ2v) is 6.57. The third-order valence-electron chi connectivity index (χ3n) is 3.06. The average molecular weight is 302 g/mol. The third-order valence-corrected chi connectivity index (χ3v) is 4.62. The highest BCUT2D eigenvalue weighted by Gasteiger charge is 2.24. The van der Waals surface area contributed by atoms with Gasteiger partial charge in [0, 0.05) is 18.7 Å². The highest BCUT2D eigenvalue weighted by atomic mass is 32.2. The van der Waals surface area contributed by atoms with E-state index in [4.69, 9.17) is 15.6 Å². The number of methoxy groups -OCH3 is 1. The van der Waals surface area contributed by atoms with Gasteiger partial charge in [-0.15, -0.1) is 0 Å². The van der Waals surface area contributed by atoms with E-state index in [0.717, 1.165) is 0 Å². The summed E-state index contributed by atoms with van der Waals surface area (Å²) in [5, 5.41) is 9.00. The van der Waals surface area contributed by atoms with Gasteiger partial charge in [-0.3, -0.25) is 0 Å². The van der Waals surface area contributed by atoms with Crippen LogP contribution in [-0.2, 0) is 10.0 Å². The predicted molar refractivity (Wildman–Crippen MR) is 78.1 cm³/mol. The summed E-state index contributed by atoms with van der Waals surface area (Å²) in [5.41, 5.74) is 5.89. The van der Waals surface area contributed by atoms with Crippen molar-refractivity contribution in [2.75, 3.05) is 19.5 Å². The third kappa shape index (κ3) is 4.09. The maximum Gasteiger partial charge on any atom is 0.242 e. The number of nitrogen functional groups attached to an aromatic ring is 1. The van der Waals surface area contributed by atoms with Crippen molar-refractivity contribution in [2.24, 2.45) is 5.92 Å². The molecule has 0 spiro atoms. The molecular weight excluding hydrogens is 280 g/mol. The zero-order chi connectivity index (χ0) is 15.3. The quantitative estimate of drug-likeness (QED) is 0.651. The molecular formula is C13H22N2O4S. The topological polar surface area (TPSA) is 102 Å². The van der Waals surface area contributed by atoms with Gasteiger partial charge in [0.1, 0.15) is 10.6 Å². The minimum Gasteiger partial charge on any atom is -0.497 e. The van der Waals surface area contributed by atoms with Crippen LogP contribution >= 0.6 is 0 Å². The van der Waals surface area contributed by atoms with Crippen LogP contribution in [0.1, 0.15) is 20.3 Å². The van der Waals surface area contributed by atoms with Gasteiger partial charge in [-0.05, 0) is 24.5 Å². The molecule has 7 heteroatoms. The first-order valence-electron chi connectivity index (χ1n) is 6.38. The molecule has 0 saturated heterocycles.